The second-order valence-corrected chi connectivity index (χ2v) is 3.78. The second kappa shape index (κ2) is 4.31. The first-order valence-electron chi connectivity index (χ1n) is 4.74. The number of phenols is 1. The van der Waals surface area contributed by atoms with Gasteiger partial charge in [-0.25, -0.2) is 0 Å². The van der Waals surface area contributed by atoms with Crippen molar-refractivity contribution in [2.45, 2.75) is 25.9 Å². The molecule has 0 aromatic heterocycles. The van der Waals surface area contributed by atoms with E-state index in [1.165, 1.54) is 13.8 Å². The smallest absolute Gasteiger partial charge is 0.416 e. The van der Waals surface area contributed by atoms with Crippen LogP contribution in [0.3, 0.4) is 0 Å². The van der Waals surface area contributed by atoms with Gasteiger partial charge in [0.15, 0.2) is 0 Å². The van der Waals surface area contributed by atoms with Crippen molar-refractivity contribution >= 4 is 0 Å². The van der Waals surface area contributed by atoms with Gasteiger partial charge >= 0.3 is 6.18 Å². The van der Waals surface area contributed by atoms with Crippen LogP contribution in [0.2, 0.25) is 0 Å². The van der Waals surface area contributed by atoms with Gasteiger partial charge in [-0.05, 0) is 30.2 Å². The zero-order valence-electron chi connectivity index (χ0n) is 8.90. The van der Waals surface area contributed by atoms with E-state index in [9.17, 15) is 22.7 Å². The summed E-state index contributed by atoms with van der Waals surface area (Å²) in [7, 11) is 0. The van der Waals surface area contributed by atoms with Crippen molar-refractivity contribution in [3.8, 4) is 5.75 Å². The lowest BCUT2D eigenvalue weighted by Crippen LogP contribution is -2.12. The van der Waals surface area contributed by atoms with Crippen LogP contribution in [0.1, 0.15) is 29.5 Å². The van der Waals surface area contributed by atoms with Gasteiger partial charge in [-0.2, -0.15) is 13.2 Å². The number of phenolic OH excluding ortho intramolecular Hbond substituents is 1. The molecule has 0 fully saturated rings. The number of benzene rings is 1. The van der Waals surface area contributed by atoms with E-state index >= 15 is 0 Å². The Labute approximate surface area is 90.7 Å². The van der Waals surface area contributed by atoms with E-state index < -0.39 is 24.3 Å². The number of rotatable bonds is 2. The molecule has 1 unspecified atom stereocenters. The molecular formula is C11H12F4O. The van der Waals surface area contributed by atoms with E-state index in [0.29, 0.717) is 0 Å². The van der Waals surface area contributed by atoms with E-state index in [0.717, 1.165) is 12.1 Å². The Morgan fingerprint density at radius 3 is 2.31 bits per heavy atom. The lowest BCUT2D eigenvalue weighted by molar-refractivity contribution is -0.138. The molecule has 0 aliphatic carbocycles. The summed E-state index contributed by atoms with van der Waals surface area (Å²) in [5.41, 5.74) is -0.965. The summed E-state index contributed by atoms with van der Waals surface area (Å²) in [6.07, 6.45) is -4.53. The summed E-state index contributed by atoms with van der Waals surface area (Å²) in [5, 5.41) is 9.34. The van der Waals surface area contributed by atoms with Crippen molar-refractivity contribution in [3.63, 3.8) is 0 Å². The molecule has 1 N–H and O–H groups in total. The molecule has 1 aromatic rings. The van der Waals surface area contributed by atoms with Gasteiger partial charge in [-0.3, -0.25) is 4.39 Å². The third-order valence-electron chi connectivity index (χ3n) is 2.44. The maximum atomic E-state index is 12.7. The fourth-order valence-corrected chi connectivity index (χ4v) is 1.45. The number of hydrogen-bond donors (Lipinski definition) is 1. The molecule has 5 heteroatoms. The molecule has 1 nitrogen and oxygen atoms in total. The molecular weight excluding hydrogens is 224 g/mol. The SMILES string of the molecule is Cc1cc(C(F)(F)F)c(C(C)CF)cc1O. The van der Waals surface area contributed by atoms with E-state index in [2.05, 4.69) is 0 Å². The van der Waals surface area contributed by atoms with Crippen LogP contribution < -0.4 is 0 Å². The van der Waals surface area contributed by atoms with Crippen molar-refractivity contribution < 1.29 is 22.7 Å². The molecule has 0 spiro atoms. The van der Waals surface area contributed by atoms with Gasteiger partial charge in [0.25, 0.3) is 0 Å². The molecule has 0 bridgehead atoms. The molecule has 1 atom stereocenters. The Balaban J connectivity index is 3.39. The Hall–Kier alpha value is -1.26. The summed E-state index contributed by atoms with van der Waals surface area (Å²) >= 11 is 0. The van der Waals surface area contributed by atoms with Crippen LogP contribution >= 0.6 is 0 Å². The van der Waals surface area contributed by atoms with Gasteiger partial charge in [-0.1, -0.05) is 6.92 Å². The number of hydrogen-bond acceptors (Lipinski definition) is 1. The van der Waals surface area contributed by atoms with Gasteiger partial charge in [0.05, 0.1) is 12.2 Å². The van der Waals surface area contributed by atoms with Crippen molar-refractivity contribution in [1.82, 2.24) is 0 Å². The number of aryl methyl sites for hydroxylation is 1. The summed E-state index contributed by atoms with van der Waals surface area (Å²) in [5.74, 6) is -1.13. The Kier molecular flexibility index (Phi) is 3.45. The molecule has 0 radical (unpaired) electrons. The quantitative estimate of drug-likeness (QED) is 0.774. The molecule has 90 valence electrons. The number of aromatic hydroxyl groups is 1. The fraction of sp³-hybridized carbons (Fsp3) is 0.455. The topological polar surface area (TPSA) is 20.2 Å². The van der Waals surface area contributed by atoms with Crippen molar-refractivity contribution in [1.29, 1.82) is 0 Å². The zero-order valence-corrected chi connectivity index (χ0v) is 8.90. The molecule has 0 aliphatic heterocycles. The van der Waals surface area contributed by atoms with Crippen LogP contribution in [0.25, 0.3) is 0 Å². The van der Waals surface area contributed by atoms with Gasteiger partial charge in [0.2, 0.25) is 0 Å². The highest BCUT2D eigenvalue weighted by atomic mass is 19.4. The Morgan fingerprint density at radius 2 is 1.88 bits per heavy atom. The summed E-state index contributed by atoms with van der Waals surface area (Å²) in [4.78, 5) is 0. The second-order valence-electron chi connectivity index (χ2n) is 3.78. The minimum atomic E-state index is -4.53. The van der Waals surface area contributed by atoms with Crippen LogP contribution in [-0.4, -0.2) is 11.8 Å². The molecule has 0 amide bonds. The Morgan fingerprint density at radius 1 is 1.31 bits per heavy atom. The first-order valence-corrected chi connectivity index (χ1v) is 4.74. The lowest BCUT2D eigenvalue weighted by atomic mass is 9.94. The van der Waals surface area contributed by atoms with Crippen molar-refractivity contribution in [2.75, 3.05) is 6.67 Å². The van der Waals surface area contributed by atoms with E-state index in [1.54, 1.807) is 0 Å². The zero-order chi connectivity index (χ0) is 12.5. The van der Waals surface area contributed by atoms with E-state index in [-0.39, 0.29) is 16.9 Å². The van der Waals surface area contributed by atoms with E-state index in [4.69, 9.17) is 0 Å². The van der Waals surface area contributed by atoms with Crippen LogP contribution in [0.5, 0.6) is 5.75 Å². The largest absolute Gasteiger partial charge is 0.508 e. The van der Waals surface area contributed by atoms with Crippen LogP contribution in [0.4, 0.5) is 17.6 Å². The predicted octanol–water partition coefficient (Wildman–Crippen LogP) is 3.79. The summed E-state index contributed by atoms with van der Waals surface area (Å²) < 4.78 is 50.4. The monoisotopic (exact) mass is 236 g/mol. The highest BCUT2D eigenvalue weighted by molar-refractivity contribution is 5.44. The highest BCUT2D eigenvalue weighted by Gasteiger charge is 2.35. The summed E-state index contributed by atoms with van der Waals surface area (Å²) in [6.45, 7) is 1.82. The van der Waals surface area contributed by atoms with Gasteiger partial charge < -0.3 is 5.11 Å². The van der Waals surface area contributed by atoms with Crippen molar-refractivity contribution in [3.05, 3.63) is 28.8 Å². The average Bonchev–Trinajstić information content (AvgIpc) is 2.18. The predicted molar refractivity (Wildman–Crippen MR) is 52.2 cm³/mol. The minimum absolute atomic E-state index is 0.127. The van der Waals surface area contributed by atoms with Gasteiger partial charge in [-0.15, -0.1) is 0 Å². The number of alkyl halides is 4. The third kappa shape index (κ3) is 2.46. The molecule has 0 aliphatic rings. The van der Waals surface area contributed by atoms with E-state index in [1.807, 2.05) is 0 Å². The maximum absolute atomic E-state index is 12.7. The average molecular weight is 236 g/mol. The third-order valence-corrected chi connectivity index (χ3v) is 2.44. The molecule has 0 saturated carbocycles. The highest BCUT2D eigenvalue weighted by Crippen LogP contribution is 2.38. The minimum Gasteiger partial charge on any atom is -0.508 e. The molecule has 0 saturated heterocycles. The fourth-order valence-electron chi connectivity index (χ4n) is 1.45. The first-order chi connectivity index (χ1) is 7.27. The Bertz CT molecular complexity index is 384. The molecule has 1 rings (SSSR count). The first kappa shape index (κ1) is 12.8. The molecule has 0 heterocycles. The van der Waals surface area contributed by atoms with Crippen LogP contribution in [0.15, 0.2) is 12.1 Å². The molecule has 1 aromatic carbocycles. The standard InChI is InChI=1S/C11H12F4O/c1-6-3-9(11(13,14)15)8(4-10(6)16)7(2)5-12/h3-4,7,16H,5H2,1-2H3. The number of halogens is 4. The summed E-state index contributed by atoms with van der Waals surface area (Å²) in [6, 6.07) is 1.83. The maximum Gasteiger partial charge on any atom is 0.416 e. The van der Waals surface area contributed by atoms with Crippen LogP contribution in [0, 0.1) is 6.92 Å². The lowest BCUT2D eigenvalue weighted by Gasteiger charge is -2.17. The van der Waals surface area contributed by atoms with Crippen molar-refractivity contribution in [2.24, 2.45) is 0 Å². The van der Waals surface area contributed by atoms with Crippen LogP contribution in [-0.2, 0) is 6.18 Å². The van der Waals surface area contributed by atoms with Gasteiger partial charge in [0.1, 0.15) is 5.75 Å². The molecule has 16 heavy (non-hydrogen) atoms. The normalized spacial score (nSPS) is 13.9. The van der Waals surface area contributed by atoms with Gasteiger partial charge in [0, 0.05) is 5.92 Å².